The third-order valence-corrected chi connectivity index (χ3v) is 7.37. The molecule has 1 saturated carbocycles. The number of piperidine rings is 3. The fourth-order valence-electron chi connectivity index (χ4n) is 5.78. The largest absolute Gasteiger partial charge is 0.328 e. The van der Waals surface area contributed by atoms with E-state index < -0.39 is 0 Å². The molecule has 4 unspecified atom stereocenters. The van der Waals surface area contributed by atoms with Gasteiger partial charge in [-0.15, -0.1) is 0 Å². The predicted molar refractivity (Wildman–Crippen MR) is 103 cm³/mol. The van der Waals surface area contributed by atoms with Gasteiger partial charge in [0.05, 0.1) is 0 Å². The van der Waals surface area contributed by atoms with Gasteiger partial charge in [0.1, 0.15) is 0 Å². The molecule has 5 aliphatic rings. The summed E-state index contributed by atoms with van der Waals surface area (Å²) in [6.07, 6.45) is 6.74. The van der Waals surface area contributed by atoms with Gasteiger partial charge in [0.25, 0.3) is 0 Å². The predicted octanol–water partition coefficient (Wildman–Crippen LogP) is 3.72. The van der Waals surface area contributed by atoms with Crippen LogP contribution in [-0.4, -0.2) is 52.6 Å². The number of hydrogen-bond acceptors (Lipinski definition) is 3. The van der Waals surface area contributed by atoms with Crippen LogP contribution in [0.2, 0.25) is 0 Å². The fourth-order valence-corrected chi connectivity index (χ4v) is 5.78. The molecular formula is C21H41N3. The van der Waals surface area contributed by atoms with Crippen LogP contribution in [-0.2, 0) is 0 Å². The summed E-state index contributed by atoms with van der Waals surface area (Å²) in [5.74, 6) is 3.05. The molecule has 140 valence electrons. The van der Waals surface area contributed by atoms with Crippen molar-refractivity contribution in [2.45, 2.75) is 103 Å². The van der Waals surface area contributed by atoms with Gasteiger partial charge in [0.15, 0.2) is 0 Å². The second kappa shape index (κ2) is 6.89. The van der Waals surface area contributed by atoms with Crippen LogP contribution >= 0.6 is 0 Å². The molecule has 0 aromatic carbocycles. The van der Waals surface area contributed by atoms with Crippen molar-refractivity contribution >= 4 is 0 Å². The number of nitrogens with two attached hydrogens (primary N) is 1. The molecule has 2 N–H and O–H groups in total. The summed E-state index contributed by atoms with van der Waals surface area (Å²) in [5, 5.41) is 0. The first-order valence-electron chi connectivity index (χ1n) is 10.4. The highest BCUT2D eigenvalue weighted by Crippen LogP contribution is 2.46. The van der Waals surface area contributed by atoms with E-state index in [2.05, 4.69) is 51.3 Å². The molecule has 0 radical (unpaired) electrons. The molecule has 5 rings (SSSR count). The number of fused-ring (bicyclic) bond motifs is 4. The molecule has 4 heterocycles. The number of rotatable bonds is 1. The summed E-state index contributed by atoms with van der Waals surface area (Å²) in [7, 11) is 0. The SMILES string of the molecule is CC(C)N1C2CCC1CC(N)C2.CC1C2CC1CN(C(C)(C)C)C2. The topological polar surface area (TPSA) is 32.5 Å². The average molecular weight is 336 g/mol. The lowest BCUT2D eigenvalue weighted by Crippen LogP contribution is -2.59. The molecule has 0 spiro atoms. The standard InChI is InChI=1S/C11H21N.C10H20N2/c1-8-9-5-10(8)7-12(6-9)11(2,3)4;1-7(2)12-9-3-4-10(12)6-8(11)5-9/h8-10H,5-7H2,1-4H3;7-10H,3-6,11H2,1-2H3. The van der Waals surface area contributed by atoms with E-state index in [4.69, 9.17) is 5.73 Å². The van der Waals surface area contributed by atoms with Crippen molar-refractivity contribution in [3.8, 4) is 0 Å². The Kier molecular flexibility index (Phi) is 5.36. The monoisotopic (exact) mass is 335 g/mol. The van der Waals surface area contributed by atoms with Crippen molar-refractivity contribution in [3.63, 3.8) is 0 Å². The maximum Gasteiger partial charge on any atom is 0.0125 e. The first kappa shape index (κ1) is 18.7. The Morgan fingerprint density at radius 1 is 0.917 bits per heavy atom. The summed E-state index contributed by atoms with van der Waals surface area (Å²) in [5.41, 5.74) is 6.39. The minimum atomic E-state index is 0.400. The number of hydrogen-bond donors (Lipinski definition) is 1. The molecule has 4 atom stereocenters. The first-order chi connectivity index (χ1) is 11.2. The molecule has 0 aromatic heterocycles. The van der Waals surface area contributed by atoms with Gasteiger partial charge in [-0.05, 0) is 84.5 Å². The van der Waals surface area contributed by atoms with Crippen LogP contribution in [0.15, 0.2) is 0 Å². The lowest BCUT2D eigenvalue weighted by molar-refractivity contribution is -0.0687. The van der Waals surface area contributed by atoms with Gasteiger partial charge in [0, 0.05) is 42.8 Å². The summed E-state index contributed by atoms with van der Waals surface area (Å²) in [4.78, 5) is 5.34. The summed E-state index contributed by atoms with van der Waals surface area (Å²) in [6, 6.07) is 2.81. The van der Waals surface area contributed by atoms with Gasteiger partial charge in [-0.2, -0.15) is 0 Å². The molecule has 4 bridgehead atoms. The molecule has 5 fully saturated rings. The maximum absolute atomic E-state index is 5.99. The molecule has 4 aliphatic heterocycles. The van der Waals surface area contributed by atoms with E-state index in [1.807, 2.05) is 0 Å². The minimum absolute atomic E-state index is 0.400. The van der Waals surface area contributed by atoms with Crippen LogP contribution in [0.3, 0.4) is 0 Å². The van der Waals surface area contributed by atoms with E-state index in [9.17, 15) is 0 Å². The van der Waals surface area contributed by atoms with Crippen LogP contribution in [0.25, 0.3) is 0 Å². The average Bonchev–Trinajstić information content (AvgIpc) is 2.79. The van der Waals surface area contributed by atoms with Gasteiger partial charge < -0.3 is 5.73 Å². The second-order valence-electron chi connectivity index (χ2n) is 10.3. The fraction of sp³-hybridized carbons (Fsp3) is 1.00. The lowest BCUT2D eigenvalue weighted by Gasteiger charge is -2.56. The van der Waals surface area contributed by atoms with Crippen LogP contribution in [0.4, 0.5) is 0 Å². The highest BCUT2D eigenvalue weighted by molar-refractivity contribution is 4.98. The highest BCUT2D eigenvalue weighted by Gasteiger charge is 2.45. The van der Waals surface area contributed by atoms with Crippen molar-refractivity contribution < 1.29 is 0 Å². The van der Waals surface area contributed by atoms with Crippen molar-refractivity contribution in [2.75, 3.05) is 13.1 Å². The van der Waals surface area contributed by atoms with E-state index in [0.717, 1.165) is 35.9 Å². The van der Waals surface area contributed by atoms with Crippen molar-refractivity contribution in [3.05, 3.63) is 0 Å². The molecule has 1 aliphatic carbocycles. The van der Waals surface area contributed by atoms with Crippen LogP contribution in [0, 0.1) is 17.8 Å². The Balaban J connectivity index is 0.000000141. The molecule has 0 aromatic rings. The van der Waals surface area contributed by atoms with Gasteiger partial charge in [-0.3, -0.25) is 9.80 Å². The third kappa shape index (κ3) is 3.68. The second-order valence-corrected chi connectivity index (χ2v) is 10.3. The quantitative estimate of drug-likeness (QED) is 0.792. The lowest BCUT2D eigenvalue weighted by atomic mass is 9.62. The van der Waals surface area contributed by atoms with Gasteiger partial charge in [-0.25, -0.2) is 0 Å². The Bertz CT molecular complexity index is 401. The third-order valence-electron chi connectivity index (χ3n) is 7.37. The Morgan fingerprint density at radius 2 is 1.42 bits per heavy atom. The van der Waals surface area contributed by atoms with Gasteiger partial charge in [0.2, 0.25) is 0 Å². The van der Waals surface area contributed by atoms with Crippen molar-refractivity contribution in [2.24, 2.45) is 23.5 Å². The maximum atomic E-state index is 5.99. The molecule has 4 saturated heterocycles. The zero-order chi connectivity index (χ0) is 17.6. The molecule has 3 nitrogen and oxygen atoms in total. The van der Waals surface area contributed by atoms with E-state index in [1.54, 1.807) is 0 Å². The Labute approximate surface area is 150 Å². The highest BCUT2D eigenvalue weighted by atomic mass is 15.2. The van der Waals surface area contributed by atoms with Crippen LogP contribution in [0.1, 0.15) is 73.6 Å². The van der Waals surface area contributed by atoms with E-state index in [-0.39, 0.29) is 0 Å². The summed E-state index contributed by atoms with van der Waals surface area (Å²) >= 11 is 0. The molecule has 24 heavy (non-hydrogen) atoms. The van der Waals surface area contributed by atoms with Crippen LogP contribution in [0.5, 0.6) is 0 Å². The normalized spacial score (nSPS) is 42.5. The van der Waals surface area contributed by atoms with Crippen molar-refractivity contribution in [1.29, 1.82) is 0 Å². The molecule has 3 heteroatoms. The van der Waals surface area contributed by atoms with E-state index in [1.165, 1.54) is 45.2 Å². The summed E-state index contributed by atoms with van der Waals surface area (Å²) < 4.78 is 0. The van der Waals surface area contributed by atoms with Crippen molar-refractivity contribution in [1.82, 2.24) is 9.80 Å². The Morgan fingerprint density at radius 3 is 1.79 bits per heavy atom. The summed E-state index contributed by atoms with van der Waals surface area (Å²) in [6.45, 7) is 16.7. The molecular weight excluding hydrogens is 294 g/mol. The van der Waals surface area contributed by atoms with E-state index in [0.29, 0.717) is 11.6 Å². The smallest absolute Gasteiger partial charge is 0.0125 e. The first-order valence-corrected chi connectivity index (χ1v) is 10.4. The number of nitrogens with zero attached hydrogens (tertiary/aromatic N) is 2. The Hall–Kier alpha value is -0.120. The van der Waals surface area contributed by atoms with Crippen LogP contribution < -0.4 is 5.73 Å². The minimum Gasteiger partial charge on any atom is -0.328 e. The zero-order valence-corrected chi connectivity index (χ0v) is 17.0. The zero-order valence-electron chi connectivity index (χ0n) is 17.0. The molecule has 0 amide bonds. The van der Waals surface area contributed by atoms with Gasteiger partial charge in [-0.1, -0.05) is 6.92 Å². The van der Waals surface area contributed by atoms with E-state index >= 15 is 0 Å². The van der Waals surface area contributed by atoms with Gasteiger partial charge >= 0.3 is 0 Å².